The van der Waals surface area contributed by atoms with Crippen LogP contribution >= 0.6 is 0 Å². The van der Waals surface area contributed by atoms with E-state index >= 15 is 0 Å². The van der Waals surface area contributed by atoms with Crippen molar-refractivity contribution in [1.29, 1.82) is 0 Å². The van der Waals surface area contributed by atoms with Crippen LogP contribution in [0.2, 0.25) is 0 Å². The van der Waals surface area contributed by atoms with E-state index in [1.165, 1.54) is 0 Å². The van der Waals surface area contributed by atoms with Crippen LogP contribution in [0.5, 0.6) is 0 Å². The van der Waals surface area contributed by atoms with Crippen molar-refractivity contribution in [1.82, 2.24) is 5.32 Å². The highest BCUT2D eigenvalue weighted by Crippen LogP contribution is 2.07. The molecule has 1 saturated heterocycles. The highest BCUT2D eigenvalue weighted by atomic mass is 32.2. The molecule has 0 saturated carbocycles. The van der Waals surface area contributed by atoms with Gasteiger partial charge in [0.25, 0.3) is 0 Å². The molecule has 0 bridgehead atoms. The van der Waals surface area contributed by atoms with Crippen LogP contribution in [0.15, 0.2) is 0 Å². The number of hydrogen-bond acceptors (Lipinski definition) is 2. The first kappa shape index (κ1) is 6.00. The third-order valence-electron chi connectivity index (χ3n) is 1.09. The fourth-order valence-electron chi connectivity index (χ4n) is 0.503. The molecule has 0 aromatic rings. The summed E-state index contributed by atoms with van der Waals surface area (Å²) in [5, 5.41) is 7.75. The van der Waals surface area contributed by atoms with E-state index in [4.69, 9.17) is 5.14 Å². The van der Waals surface area contributed by atoms with Crippen LogP contribution < -0.4 is 10.5 Å². The molecule has 2 N–H and O–H groups in total. The Morgan fingerprint density at radius 1 is 1.62 bits per heavy atom. The maximum atomic E-state index is 10.3. The summed E-state index contributed by atoms with van der Waals surface area (Å²) in [6, 6.07) is 0. The van der Waals surface area contributed by atoms with Crippen LogP contribution in [0.3, 0.4) is 0 Å². The molecule has 5 heteroatoms. The van der Waals surface area contributed by atoms with E-state index in [2.05, 4.69) is 5.32 Å². The van der Waals surface area contributed by atoms with Gasteiger partial charge in [-0.05, 0) is 6.42 Å². The SMILES string of the molecule is NS(=O)(=O)C1CC[N]1. The standard InChI is InChI=1S/C3H7N2O2S/c4-8(6,7)3-1-2-5-3/h3H,1-2H2,(H2,4,6,7). The topological polar surface area (TPSA) is 74.3 Å². The summed E-state index contributed by atoms with van der Waals surface area (Å²) in [5.41, 5.74) is 0. The summed E-state index contributed by atoms with van der Waals surface area (Å²) in [4.78, 5) is 0. The predicted molar refractivity (Wildman–Crippen MR) is 28.5 cm³/mol. The Morgan fingerprint density at radius 3 is 2.12 bits per heavy atom. The molecule has 0 aliphatic carbocycles. The Balaban J connectivity index is 2.60. The van der Waals surface area contributed by atoms with Crippen molar-refractivity contribution in [3.8, 4) is 0 Å². The van der Waals surface area contributed by atoms with Gasteiger partial charge in [-0.2, -0.15) is 0 Å². The van der Waals surface area contributed by atoms with Crippen LogP contribution in [0, 0.1) is 0 Å². The zero-order valence-electron chi connectivity index (χ0n) is 4.24. The molecular weight excluding hydrogens is 128 g/mol. The third-order valence-corrected chi connectivity index (χ3v) is 2.23. The van der Waals surface area contributed by atoms with Crippen LogP contribution in [0.4, 0.5) is 0 Å². The number of hydrogen-bond donors (Lipinski definition) is 1. The van der Waals surface area contributed by atoms with Gasteiger partial charge in [-0.25, -0.2) is 18.9 Å². The molecule has 0 aromatic carbocycles. The lowest BCUT2D eigenvalue weighted by Crippen LogP contribution is -2.45. The quantitative estimate of drug-likeness (QED) is 0.480. The minimum absolute atomic E-state index is 0.595. The molecule has 0 amide bonds. The normalized spacial score (nSPS) is 29.4. The summed E-state index contributed by atoms with van der Waals surface area (Å²) in [7, 11) is -3.33. The molecular formula is C3H7N2O2S. The summed E-state index contributed by atoms with van der Waals surface area (Å²) < 4.78 is 20.6. The summed E-state index contributed by atoms with van der Waals surface area (Å²) in [6.07, 6.45) is 0.596. The Bertz CT molecular complexity index is 170. The van der Waals surface area contributed by atoms with Gasteiger partial charge in [-0.1, -0.05) is 0 Å². The number of sulfonamides is 1. The van der Waals surface area contributed by atoms with Crippen LogP contribution in [-0.4, -0.2) is 20.3 Å². The Hall–Kier alpha value is -0.130. The van der Waals surface area contributed by atoms with Gasteiger partial charge in [-0.15, -0.1) is 0 Å². The van der Waals surface area contributed by atoms with E-state index in [1.807, 2.05) is 0 Å². The van der Waals surface area contributed by atoms with Crippen LogP contribution in [-0.2, 0) is 10.0 Å². The van der Waals surface area contributed by atoms with Crippen LogP contribution in [0.1, 0.15) is 6.42 Å². The highest BCUT2D eigenvalue weighted by Gasteiger charge is 2.28. The molecule has 1 aliphatic heterocycles. The second-order valence-electron chi connectivity index (χ2n) is 1.74. The Kier molecular flexibility index (Phi) is 1.26. The molecule has 1 fully saturated rings. The van der Waals surface area contributed by atoms with Crippen molar-refractivity contribution in [2.75, 3.05) is 6.54 Å². The van der Waals surface area contributed by atoms with Gasteiger partial charge < -0.3 is 0 Å². The van der Waals surface area contributed by atoms with Crippen molar-refractivity contribution in [2.45, 2.75) is 11.8 Å². The zero-order chi connectivity index (χ0) is 6.20. The average Bonchev–Trinajstić information content (AvgIpc) is 1.16. The van der Waals surface area contributed by atoms with E-state index in [1.54, 1.807) is 0 Å². The van der Waals surface area contributed by atoms with E-state index in [0.717, 1.165) is 0 Å². The summed E-state index contributed by atoms with van der Waals surface area (Å²) in [6.45, 7) is 0.640. The molecule has 0 spiro atoms. The van der Waals surface area contributed by atoms with E-state index < -0.39 is 15.4 Å². The minimum atomic E-state index is -3.33. The molecule has 8 heavy (non-hydrogen) atoms. The van der Waals surface area contributed by atoms with Gasteiger partial charge in [0.05, 0.1) is 0 Å². The van der Waals surface area contributed by atoms with Gasteiger partial charge >= 0.3 is 0 Å². The predicted octanol–water partition coefficient (Wildman–Crippen LogP) is -1.39. The van der Waals surface area contributed by atoms with Crippen molar-refractivity contribution in [3.05, 3.63) is 0 Å². The lowest BCUT2D eigenvalue weighted by Gasteiger charge is -2.22. The largest absolute Gasteiger partial charge is 0.227 e. The van der Waals surface area contributed by atoms with E-state index in [0.29, 0.717) is 13.0 Å². The smallest absolute Gasteiger partial charge is 0.226 e. The fraction of sp³-hybridized carbons (Fsp3) is 1.00. The molecule has 1 heterocycles. The molecule has 4 nitrogen and oxygen atoms in total. The number of nitrogens with two attached hydrogens (primary N) is 1. The molecule has 1 aliphatic rings. The lowest BCUT2D eigenvalue weighted by atomic mass is 10.3. The first-order valence-corrected chi connectivity index (χ1v) is 3.90. The Morgan fingerprint density at radius 2 is 2.12 bits per heavy atom. The summed E-state index contributed by atoms with van der Waals surface area (Å²) in [5.74, 6) is 0. The number of primary sulfonamides is 1. The van der Waals surface area contributed by atoms with Gasteiger partial charge in [0.1, 0.15) is 5.37 Å². The number of nitrogens with zero attached hydrogens (tertiary/aromatic N) is 1. The van der Waals surface area contributed by atoms with Gasteiger partial charge in [-0.3, -0.25) is 0 Å². The monoisotopic (exact) mass is 135 g/mol. The maximum absolute atomic E-state index is 10.3. The first-order chi connectivity index (χ1) is 3.61. The lowest BCUT2D eigenvalue weighted by molar-refractivity contribution is 0.439. The van der Waals surface area contributed by atoms with Crippen molar-refractivity contribution >= 4 is 10.0 Å². The van der Waals surface area contributed by atoms with Crippen LogP contribution in [0.25, 0.3) is 0 Å². The molecule has 1 unspecified atom stereocenters. The molecule has 1 rings (SSSR count). The Labute approximate surface area is 48.1 Å². The van der Waals surface area contributed by atoms with Crippen molar-refractivity contribution in [3.63, 3.8) is 0 Å². The van der Waals surface area contributed by atoms with Gasteiger partial charge in [0, 0.05) is 6.54 Å². The second-order valence-corrected chi connectivity index (χ2v) is 3.46. The average molecular weight is 135 g/mol. The maximum Gasteiger partial charge on any atom is 0.226 e. The highest BCUT2D eigenvalue weighted by molar-refractivity contribution is 7.89. The number of rotatable bonds is 1. The van der Waals surface area contributed by atoms with Crippen molar-refractivity contribution < 1.29 is 8.42 Å². The van der Waals surface area contributed by atoms with Crippen molar-refractivity contribution in [2.24, 2.45) is 5.14 Å². The van der Waals surface area contributed by atoms with Gasteiger partial charge in [0.2, 0.25) is 10.0 Å². The summed E-state index contributed by atoms with van der Waals surface area (Å²) >= 11 is 0. The van der Waals surface area contributed by atoms with E-state index in [-0.39, 0.29) is 0 Å². The fourth-order valence-corrected chi connectivity index (χ4v) is 1.25. The zero-order valence-corrected chi connectivity index (χ0v) is 5.06. The molecule has 1 radical (unpaired) electrons. The second kappa shape index (κ2) is 1.68. The van der Waals surface area contributed by atoms with E-state index in [9.17, 15) is 8.42 Å². The first-order valence-electron chi connectivity index (χ1n) is 2.29. The van der Waals surface area contributed by atoms with Gasteiger partial charge in [0.15, 0.2) is 0 Å². The molecule has 1 atom stereocenters. The molecule has 47 valence electrons. The molecule has 0 aromatic heterocycles. The minimum Gasteiger partial charge on any atom is -0.227 e. The third kappa shape index (κ3) is 0.988.